The van der Waals surface area contributed by atoms with Crippen molar-refractivity contribution in [3.05, 3.63) is 115 Å². The fourth-order valence-electron chi connectivity index (χ4n) is 8.31. The first kappa shape index (κ1) is 22.6. The number of nitrogens with zero attached hydrogens (tertiary/aromatic N) is 1. The Morgan fingerprint density at radius 1 is 0.465 bits per heavy atom. The summed E-state index contributed by atoms with van der Waals surface area (Å²) in [6.45, 7) is 0.106. The van der Waals surface area contributed by atoms with Crippen LogP contribution in [0.15, 0.2) is 109 Å². The molecule has 0 unspecified atom stereocenters. The maximum absolute atomic E-state index is 10.3. The first-order chi connectivity index (χ1) is 21.3. The molecule has 0 atom stereocenters. The van der Waals surface area contributed by atoms with Gasteiger partial charge < -0.3 is 0 Å². The van der Waals surface area contributed by atoms with Crippen molar-refractivity contribution in [1.82, 2.24) is 0 Å². The molecule has 11 rings (SSSR count). The highest BCUT2D eigenvalue weighted by atomic mass is 32.1. The van der Waals surface area contributed by atoms with E-state index in [-0.39, 0.29) is 6.71 Å². The summed E-state index contributed by atoms with van der Waals surface area (Å²) < 4.78 is 5.25. The Labute approximate surface area is 254 Å². The predicted molar refractivity (Wildman–Crippen MR) is 187 cm³/mol. The molecule has 0 amide bonds. The Morgan fingerprint density at radius 2 is 0.953 bits per heavy atom. The molecular formula is C39H18BNS2. The normalized spacial score (nSPS) is 13.0. The van der Waals surface area contributed by atoms with Crippen LogP contribution in [-0.2, 0) is 0 Å². The largest absolute Gasteiger partial charge is 0.244 e. The molecule has 2 aromatic heterocycles. The molecule has 0 fully saturated rings. The van der Waals surface area contributed by atoms with E-state index in [1.54, 1.807) is 0 Å². The third-order valence-electron chi connectivity index (χ3n) is 9.87. The summed E-state index contributed by atoms with van der Waals surface area (Å²) in [4.78, 5) is 0. The molecule has 194 valence electrons. The van der Waals surface area contributed by atoms with E-state index in [1.165, 1.54) is 101 Å². The molecule has 7 aromatic carbocycles. The van der Waals surface area contributed by atoms with Crippen LogP contribution in [0, 0.1) is 11.3 Å². The highest BCUT2D eigenvalue weighted by molar-refractivity contribution is 7.26. The summed E-state index contributed by atoms with van der Waals surface area (Å²) in [6.07, 6.45) is 0. The van der Waals surface area contributed by atoms with Crippen LogP contribution >= 0.6 is 22.7 Å². The monoisotopic (exact) mass is 575 g/mol. The molecule has 4 heteroatoms. The van der Waals surface area contributed by atoms with Crippen molar-refractivity contribution >= 4 is 108 Å². The Bertz CT molecular complexity index is 2630. The molecule has 9 aromatic rings. The maximum Gasteiger partial charge on any atom is 0.244 e. The van der Waals surface area contributed by atoms with Crippen LogP contribution in [0.4, 0.5) is 0 Å². The lowest BCUT2D eigenvalue weighted by Crippen LogP contribution is -2.57. The molecule has 0 radical (unpaired) electrons. The van der Waals surface area contributed by atoms with Gasteiger partial charge in [-0.25, -0.2) is 0 Å². The molecule has 2 aliphatic heterocycles. The van der Waals surface area contributed by atoms with Gasteiger partial charge in [0.25, 0.3) is 0 Å². The van der Waals surface area contributed by atoms with Crippen molar-refractivity contribution in [2.24, 2.45) is 0 Å². The van der Waals surface area contributed by atoms with Gasteiger partial charge in [-0.2, -0.15) is 5.26 Å². The second-order valence-electron chi connectivity index (χ2n) is 11.9. The topological polar surface area (TPSA) is 23.8 Å². The lowest BCUT2D eigenvalue weighted by molar-refractivity contribution is 1.49. The van der Waals surface area contributed by atoms with Gasteiger partial charge in [0.15, 0.2) is 0 Å². The fourth-order valence-corrected chi connectivity index (χ4v) is 10.6. The number of hydrogen-bond donors (Lipinski definition) is 0. The minimum Gasteiger partial charge on any atom is -0.192 e. The number of thiophene rings is 2. The molecule has 0 bridgehead atoms. The smallest absolute Gasteiger partial charge is 0.192 e. The lowest BCUT2D eigenvalue weighted by atomic mass is 9.31. The van der Waals surface area contributed by atoms with Crippen LogP contribution < -0.4 is 16.4 Å². The van der Waals surface area contributed by atoms with Crippen LogP contribution in [0.1, 0.15) is 5.56 Å². The third kappa shape index (κ3) is 2.65. The fraction of sp³-hybridized carbons (Fsp3) is 0. The van der Waals surface area contributed by atoms with Gasteiger partial charge in [0.05, 0.1) is 11.6 Å². The van der Waals surface area contributed by atoms with Gasteiger partial charge in [-0.3, -0.25) is 0 Å². The van der Waals surface area contributed by atoms with Gasteiger partial charge in [-0.05, 0) is 80.2 Å². The Balaban J connectivity index is 1.38. The van der Waals surface area contributed by atoms with Crippen molar-refractivity contribution in [2.45, 2.75) is 0 Å². The van der Waals surface area contributed by atoms with Crippen LogP contribution in [0.3, 0.4) is 0 Å². The minimum atomic E-state index is 0.106. The second-order valence-corrected chi connectivity index (χ2v) is 14.0. The van der Waals surface area contributed by atoms with Gasteiger partial charge in [-0.1, -0.05) is 89.2 Å². The van der Waals surface area contributed by atoms with Gasteiger partial charge >= 0.3 is 0 Å². The maximum atomic E-state index is 10.3. The second kappa shape index (κ2) is 7.71. The number of nitriles is 1. The van der Waals surface area contributed by atoms with Crippen molar-refractivity contribution in [2.75, 3.05) is 0 Å². The number of rotatable bonds is 0. The summed E-state index contributed by atoms with van der Waals surface area (Å²) in [5.74, 6) is 0. The van der Waals surface area contributed by atoms with E-state index >= 15 is 0 Å². The molecule has 0 saturated heterocycles. The van der Waals surface area contributed by atoms with Gasteiger partial charge in [0.2, 0.25) is 6.71 Å². The van der Waals surface area contributed by atoms with E-state index in [2.05, 4.69) is 115 Å². The van der Waals surface area contributed by atoms with E-state index in [4.69, 9.17) is 0 Å². The number of fused-ring (bicyclic) bond motifs is 12. The van der Waals surface area contributed by atoms with Gasteiger partial charge in [0, 0.05) is 40.3 Å². The zero-order valence-electron chi connectivity index (χ0n) is 22.7. The van der Waals surface area contributed by atoms with Crippen LogP contribution in [0.5, 0.6) is 0 Å². The van der Waals surface area contributed by atoms with E-state index in [1.807, 2.05) is 22.7 Å². The highest BCUT2D eigenvalue weighted by Crippen LogP contribution is 2.47. The first-order valence-corrected chi connectivity index (χ1v) is 16.2. The highest BCUT2D eigenvalue weighted by Gasteiger charge is 2.39. The summed E-state index contributed by atoms with van der Waals surface area (Å²) in [5.41, 5.74) is 9.75. The number of hydrogen-bond acceptors (Lipinski definition) is 3. The number of benzene rings is 7. The van der Waals surface area contributed by atoms with Crippen molar-refractivity contribution in [3.8, 4) is 28.3 Å². The van der Waals surface area contributed by atoms with Crippen molar-refractivity contribution in [1.29, 1.82) is 5.26 Å². The summed E-state index contributed by atoms with van der Waals surface area (Å²) in [6, 6.07) is 43.0. The first-order valence-electron chi connectivity index (χ1n) is 14.6. The van der Waals surface area contributed by atoms with Gasteiger partial charge in [0.1, 0.15) is 0 Å². The minimum absolute atomic E-state index is 0.106. The molecule has 0 N–H and O–H groups in total. The molecule has 0 saturated carbocycles. The molecule has 1 nitrogen and oxygen atoms in total. The molecule has 0 aliphatic carbocycles. The summed E-state index contributed by atoms with van der Waals surface area (Å²) in [7, 11) is 0. The lowest BCUT2D eigenvalue weighted by Gasteiger charge is -2.34. The summed E-state index contributed by atoms with van der Waals surface area (Å²) in [5, 5.41) is 21.0. The Hall–Kier alpha value is -4.95. The van der Waals surface area contributed by atoms with Crippen molar-refractivity contribution < 1.29 is 0 Å². The van der Waals surface area contributed by atoms with E-state index in [0.717, 1.165) is 5.56 Å². The molecule has 4 heterocycles. The van der Waals surface area contributed by atoms with Crippen LogP contribution in [-0.4, -0.2) is 6.71 Å². The third-order valence-corrected chi connectivity index (χ3v) is 12.1. The SMILES string of the molecule is N#Cc1cc2c3c(c1)-c1cc4sc5ccccc5c4c4cccc(c14)B3c1cccc3c1c-2cc1sc2ccccc2c13. The zero-order chi connectivity index (χ0) is 28.0. The van der Waals surface area contributed by atoms with E-state index in [9.17, 15) is 5.26 Å². The Morgan fingerprint density at radius 3 is 1.47 bits per heavy atom. The predicted octanol–water partition coefficient (Wildman–Crippen LogP) is 9.08. The zero-order valence-corrected chi connectivity index (χ0v) is 24.4. The van der Waals surface area contributed by atoms with E-state index in [0.29, 0.717) is 0 Å². The standard InChI is InChI=1S/C39H18BNS2/c41-19-20-15-27-25-17-33-37(21-7-1-3-13-31(21)42-33)23-9-5-11-29(35(23)25)40-30-12-6-10-24-36(30)26(28(16-20)39(27)40)18-34-38(24)22-8-2-4-14-32(22)43-34/h1-18H. The molecule has 0 spiro atoms. The Kier molecular flexibility index (Phi) is 4.06. The van der Waals surface area contributed by atoms with Gasteiger partial charge in [-0.15, -0.1) is 22.7 Å². The average molecular weight is 576 g/mol. The molecular weight excluding hydrogens is 557 g/mol. The quantitative estimate of drug-likeness (QED) is 0.166. The average Bonchev–Trinajstić information content (AvgIpc) is 3.62. The van der Waals surface area contributed by atoms with Crippen LogP contribution in [0.25, 0.3) is 84.1 Å². The van der Waals surface area contributed by atoms with Crippen molar-refractivity contribution in [3.63, 3.8) is 0 Å². The molecule has 43 heavy (non-hydrogen) atoms. The summed E-state index contributed by atoms with van der Waals surface area (Å²) >= 11 is 3.74. The molecule has 2 aliphatic rings. The van der Waals surface area contributed by atoms with E-state index < -0.39 is 0 Å². The van der Waals surface area contributed by atoms with Crippen LogP contribution in [0.2, 0.25) is 0 Å².